The fraction of sp³-hybridized carbons (Fsp3) is 0.471. The Labute approximate surface area is 140 Å². The van der Waals surface area contributed by atoms with Gasteiger partial charge in [-0.15, -0.1) is 0 Å². The summed E-state index contributed by atoms with van der Waals surface area (Å²) >= 11 is 0. The second kappa shape index (κ2) is 6.90. The second-order valence-electron chi connectivity index (χ2n) is 6.23. The van der Waals surface area contributed by atoms with E-state index in [0.717, 1.165) is 24.2 Å². The van der Waals surface area contributed by atoms with Gasteiger partial charge in [-0.05, 0) is 32.8 Å². The molecule has 7 nitrogen and oxygen atoms in total. The van der Waals surface area contributed by atoms with E-state index in [1.54, 1.807) is 30.3 Å². The first-order chi connectivity index (χ1) is 11.5. The van der Waals surface area contributed by atoms with Crippen molar-refractivity contribution in [3.05, 3.63) is 52.0 Å². The molecule has 0 saturated carbocycles. The van der Waals surface area contributed by atoms with Crippen LogP contribution < -0.4 is 5.56 Å². The van der Waals surface area contributed by atoms with Crippen LogP contribution in [-0.2, 0) is 11.3 Å². The lowest BCUT2D eigenvalue weighted by molar-refractivity contribution is -0.133. The Balaban J connectivity index is 1.71. The van der Waals surface area contributed by atoms with Crippen molar-refractivity contribution in [3.8, 4) is 0 Å². The summed E-state index contributed by atoms with van der Waals surface area (Å²) in [7, 11) is 0. The normalized spacial score (nSPS) is 17.8. The summed E-state index contributed by atoms with van der Waals surface area (Å²) in [5.41, 5.74) is 2.27. The van der Waals surface area contributed by atoms with Gasteiger partial charge in [-0.3, -0.25) is 19.6 Å². The Hall–Kier alpha value is -2.57. The summed E-state index contributed by atoms with van der Waals surface area (Å²) in [6, 6.07) is 3.09. The molecule has 126 valence electrons. The first kappa shape index (κ1) is 16.3. The van der Waals surface area contributed by atoms with E-state index in [2.05, 4.69) is 15.1 Å². The molecule has 1 atom stereocenters. The highest BCUT2D eigenvalue weighted by Crippen LogP contribution is 2.25. The maximum Gasteiger partial charge on any atom is 0.267 e. The number of likely N-dealkylation sites (tertiary alicyclic amines) is 1. The molecular weight excluding hydrogens is 306 g/mol. The quantitative estimate of drug-likeness (QED) is 0.842. The molecule has 0 bridgehead atoms. The van der Waals surface area contributed by atoms with Gasteiger partial charge in [0.2, 0.25) is 5.91 Å². The van der Waals surface area contributed by atoms with Crippen LogP contribution in [0.1, 0.15) is 35.8 Å². The minimum Gasteiger partial charge on any atom is -0.340 e. The van der Waals surface area contributed by atoms with Crippen molar-refractivity contribution in [2.24, 2.45) is 0 Å². The minimum absolute atomic E-state index is 0.0211. The largest absolute Gasteiger partial charge is 0.340 e. The SMILES string of the molecule is Cc1cncc([C@@H]2CCCN(C(=O)Cn3nc(C)ccc3=O)C2)n1. The molecule has 1 fully saturated rings. The van der Waals surface area contributed by atoms with Gasteiger partial charge in [0.25, 0.3) is 5.56 Å². The van der Waals surface area contributed by atoms with Crippen molar-refractivity contribution >= 4 is 5.91 Å². The van der Waals surface area contributed by atoms with Crippen molar-refractivity contribution in [2.45, 2.75) is 39.2 Å². The molecule has 24 heavy (non-hydrogen) atoms. The van der Waals surface area contributed by atoms with Gasteiger partial charge in [-0.25, -0.2) is 4.68 Å². The molecule has 1 amide bonds. The lowest BCUT2D eigenvalue weighted by Gasteiger charge is -2.32. The van der Waals surface area contributed by atoms with Crippen LogP contribution >= 0.6 is 0 Å². The van der Waals surface area contributed by atoms with Crippen LogP contribution in [0.4, 0.5) is 0 Å². The summed E-state index contributed by atoms with van der Waals surface area (Å²) in [6.07, 6.45) is 5.41. The first-order valence-electron chi connectivity index (χ1n) is 8.14. The number of carbonyl (C=O) groups is 1. The number of aryl methyl sites for hydroxylation is 2. The van der Waals surface area contributed by atoms with E-state index in [1.807, 2.05) is 6.92 Å². The van der Waals surface area contributed by atoms with Gasteiger partial charge in [0.1, 0.15) is 6.54 Å². The standard InChI is InChI=1S/C17H21N5O2/c1-12-5-6-16(23)22(20-12)11-17(24)21-7-3-4-14(10-21)15-9-18-8-13(2)19-15/h5-6,8-9,14H,3-4,7,10-11H2,1-2H3/t14-/m1/s1. The van der Waals surface area contributed by atoms with E-state index in [4.69, 9.17) is 0 Å². The summed E-state index contributed by atoms with van der Waals surface area (Å²) in [5.74, 6) is 0.109. The number of hydrogen-bond acceptors (Lipinski definition) is 5. The Morgan fingerprint density at radius 2 is 2.08 bits per heavy atom. The van der Waals surface area contributed by atoms with Crippen LogP contribution in [0.15, 0.2) is 29.3 Å². The van der Waals surface area contributed by atoms with Gasteiger partial charge in [0.15, 0.2) is 0 Å². The Kier molecular flexibility index (Phi) is 4.69. The molecule has 0 spiro atoms. The molecule has 3 rings (SSSR count). The third kappa shape index (κ3) is 3.67. The van der Waals surface area contributed by atoms with Crippen LogP contribution in [0.25, 0.3) is 0 Å². The monoisotopic (exact) mass is 327 g/mol. The zero-order chi connectivity index (χ0) is 17.1. The molecule has 1 aliphatic heterocycles. The number of rotatable bonds is 3. The molecule has 0 aromatic carbocycles. The number of aromatic nitrogens is 4. The van der Waals surface area contributed by atoms with E-state index < -0.39 is 0 Å². The summed E-state index contributed by atoms with van der Waals surface area (Å²) < 4.78 is 1.23. The Morgan fingerprint density at radius 1 is 1.25 bits per heavy atom. The smallest absolute Gasteiger partial charge is 0.267 e. The lowest BCUT2D eigenvalue weighted by Crippen LogP contribution is -2.42. The highest BCUT2D eigenvalue weighted by atomic mass is 16.2. The molecular formula is C17H21N5O2. The molecule has 0 N–H and O–H groups in total. The molecule has 2 aromatic heterocycles. The molecule has 3 heterocycles. The van der Waals surface area contributed by atoms with Crippen LogP contribution in [0.3, 0.4) is 0 Å². The number of carbonyl (C=O) groups excluding carboxylic acids is 1. The van der Waals surface area contributed by atoms with Crippen molar-refractivity contribution in [2.75, 3.05) is 13.1 Å². The van der Waals surface area contributed by atoms with E-state index in [9.17, 15) is 9.59 Å². The van der Waals surface area contributed by atoms with Crippen molar-refractivity contribution in [1.29, 1.82) is 0 Å². The molecule has 2 aromatic rings. The average molecular weight is 327 g/mol. The summed E-state index contributed by atoms with van der Waals surface area (Å²) in [5, 5.41) is 4.13. The number of nitrogens with zero attached hydrogens (tertiary/aromatic N) is 5. The van der Waals surface area contributed by atoms with E-state index in [-0.39, 0.29) is 23.9 Å². The Morgan fingerprint density at radius 3 is 2.88 bits per heavy atom. The van der Waals surface area contributed by atoms with Crippen LogP contribution in [0.2, 0.25) is 0 Å². The molecule has 0 unspecified atom stereocenters. The fourth-order valence-electron chi connectivity index (χ4n) is 3.02. The average Bonchev–Trinajstić information content (AvgIpc) is 2.58. The minimum atomic E-state index is -0.257. The third-order valence-corrected chi connectivity index (χ3v) is 4.25. The van der Waals surface area contributed by atoms with Gasteiger partial charge >= 0.3 is 0 Å². The van der Waals surface area contributed by atoms with Crippen molar-refractivity contribution < 1.29 is 4.79 Å². The van der Waals surface area contributed by atoms with Crippen molar-refractivity contribution in [1.82, 2.24) is 24.6 Å². The lowest BCUT2D eigenvalue weighted by atomic mass is 9.95. The number of amides is 1. The van der Waals surface area contributed by atoms with Gasteiger partial charge in [-0.1, -0.05) is 0 Å². The summed E-state index contributed by atoms with van der Waals surface area (Å²) in [6.45, 7) is 5.01. The molecule has 1 aliphatic rings. The van der Waals surface area contributed by atoms with Gasteiger partial charge in [0.05, 0.1) is 17.1 Å². The van der Waals surface area contributed by atoms with Crippen LogP contribution in [0, 0.1) is 13.8 Å². The first-order valence-corrected chi connectivity index (χ1v) is 8.14. The third-order valence-electron chi connectivity index (χ3n) is 4.25. The topological polar surface area (TPSA) is 81.0 Å². The molecule has 0 aliphatic carbocycles. The van der Waals surface area contributed by atoms with Crippen molar-refractivity contribution in [3.63, 3.8) is 0 Å². The molecule has 0 radical (unpaired) electrons. The maximum absolute atomic E-state index is 12.6. The van der Waals surface area contributed by atoms with Crippen LogP contribution in [0.5, 0.6) is 0 Å². The predicted molar refractivity (Wildman–Crippen MR) is 88.6 cm³/mol. The Bertz CT molecular complexity index is 802. The van der Waals surface area contributed by atoms with Crippen LogP contribution in [-0.4, -0.2) is 43.6 Å². The summed E-state index contributed by atoms with van der Waals surface area (Å²) in [4.78, 5) is 34.9. The van der Waals surface area contributed by atoms with Gasteiger partial charge < -0.3 is 4.90 Å². The van der Waals surface area contributed by atoms with Gasteiger partial charge in [-0.2, -0.15) is 5.10 Å². The number of hydrogen-bond donors (Lipinski definition) is 0. The van der Waals surface area contributed by atoms with Gasteiger partial charge in [0, 0.05) is 37.5 Å². The van der Waals surface area contributed by atoms with E-state index >= 15 is 0 Å². The van der Waals surface area contributed by atoms with E-state index in [1.165, 1.54) is 10.7 Å². The molecule has 7 heteroatoms. The predicted octanol–water partition coefficient (Wildman–Crippen LogP) is 1.06. The zero-order valence-corrected chi connectivity index (χ0v) is 14.0. The zero-order valence-electron chi connectivity index (χ0n) is 14.0. The highest BCUT2D eigenvalue weighted by Gasteiger charge is 2.26. The second-order valence-corrected chi connectivity index (χ2v) is 6.23. The number of piperidine rings is 1. The fourth-order valence-corrected chi connectivity index (χ4v) is 3.02. The molecule has 1 saturated heterocycles. The maximum atomic E-state index is 12.6. The van der Waals surface area contributed by atoms with E-state index in [0.29, 0.717) is 18.8 Å². The highest BCUT2D eigenvalue weighted by molar-refractivity contribution is 5.76.